The van der Waals surface area contributed by atoms with E-state index < -0.39 is 12.7 Å². The second-order valence-corrected chi connectivity index (χ2v) is 4.58. The Bertz CT molecular complexity index is 572. The Morgan fingerprint density at radius 1 is 1.20 bits per heavy atom. The van der Waals surface area contributed by atoms with Crippen LogP contribution in [-0.4, -0.2) is 40.9 Å². The van der Waals surface area contributed by atoms with Gasteiger partial charge in [-0.05, 0) is 23.8 Å². The van der Waals surface area contributed by atoms with Crippen molar-refractivity contribution in [2.75, 3.05) is 19.7 Å². The molecule has 0 spiro atoms. The van der Waals surface area contributed by atoms with Gasteiger partial charge in [0.1, 0.15) is 0 Å². The first-order chi connectivity index (χ1) is 9.48. The fraction of sp³-hybridized carbons (Fsp3) is 0.357. The molecule has 0 radical (unpaired) electrons. The molecule has 1 aromatic heterocycles. The van der Waals surface area contributed by atoms with Crippen LogP contribution in [0.3, 0.4) is 0 Å². The molecule has 20 heavy (non-hydrogen) atoms. The largest absolute Gasteiger partial charge is 0.401 e. The second-order valence-electron chi connectivity index (χ2n) is 4.58. The van der Waals surface area contributed by atoms with E-state index in [1.165, 1.54) is 4.90 Å². The minimum atomic E-state index is -4.27. The molecule has 0 atom stereocenters. The van der Waals surface area contributed by atoms with Crippen molar-refractivity contribution in [2.45, 2.75) is 12.7 Å². The lowest BCUT2D eigenvalue weighted by atomic mass is 10.1. The predicted octanol–water partition coefficient (Wildman–Crippen LogP) is 2.59. The van der Waals surface area contributed by atoms with Crippen molar-refractivity contribution in [3.8, 4) is 0 Å². The normalized spacial score (nSPS) is 12.2. The number of rotatable bonds is 5. The van der Waals surface area contributed by atoms with E-state index in [2.05, 4.69) is 4.98 Å². The Morgan fingerprint density at radius 2 is 2.00 bits per heavy atom. The second kappa shape index (κ2) is 6.19. The van der Waals surface area contributed by atoms with Crippen LogP contribution in [0, 0.1) is 0 Å². The Labute approximate surface area is 114 Å². The van der Waals surface area contributed by atoms with E-state index in [0.717, 1.165) is 16.5 Å². The van der Waals surface area contributed by atoms with Gasteiger partial charge in [-0.15, -0.1) is 0 Å². The van der Waals surface area contributed by atoms with Crippen LogP contribution in [0.5, 0.6) is 0 Å². The lowest BCUT2D eigenvalue weighted by Crippen LogP contribution is -2.35. The van der Waals surface area contributed by atoms with Gasteiger partial charge >= 0.3 is 6.18 Å². The van der Waals surface area contributed by atoms with E-state index in [4.69, 9.17) is 5.11 Å². The van der Waals surface area contributed by atoms with E-state index in [9.17, 15) is 13.2 Å². The molecule has 0 aliphatic carbocycles. The van der Waals surface area contributed by atoms with E-state index >= 15 is 0 Å². The molecule has 0 amide bonds. The topological polar surface area (TPSA) is 36.4 Å². The van der Waals surface area contributed by atoms with E-state index in [1.54, 1.807) is 24.4 Å². The number of aliphatic hydroxyl groups is 1. The average molecular weight is 284 g/mol. The number of fused-ring (bicyclic) bond motifs is 1. The zero-order valence-corrected chi connectivity index (χ0v) is 10.8. The monoisotopic (exact) mass is 284 g/mol. The summed E-state index contributed by atoms with van der Waals surface area (Å²) < 4.78 is 37.4. The van der Waals surface area contributed by atoms with Crippen molar-refractivity contribution in [2.24, 2.45) is 0 Å². The molecule has 0 aliphatic rings. The average Bonchev–Trinajstić information content (AvgIpc) is 2.37. The molecule has 0 saturated carbocycles. The van der Waals surface area contributed by atoms with Crippen LogP contribution >= 0.6 is 0 Å². The van der Waals surface area contributed by atoms with Crippen molar-refractivity contribution in [3.05, 3.63) is 42.1 Å². The third-order valence-electron chi connectivity index (χ3n) is 2.89. The number of alkyl halides is 3. The number of aromatic nitrogens is 1. The fourth-order valence-corrected chi connectivity index (χ4v) is 2.09. The molecule has 0 bridgehead atoms. The quantitative estimate of drug-likeness (QED) is 0.917. The maximum absolute atomic E-state index is 12.5. The van der Waals surface area contributed by atoms with E-state index in [1.807, 2.05) is 12.1 Å². The molecule has 1 N–H and O–H groups in total. The minimum absolute atomic E-state index is 0.00934. The number of aliphatic hydroxyl groups excluding tert-OH is 1. The number of nitrogens with zero attached hydrogens (tertiary/aromatic N) is 2. The smallest absolute Gasteiger partial charge is 0.395 e. The van der Waals surface area contributed by atoms with Crippen LogP contribution in [0.4, 0.5) is 13.2 Å². The molecule has 2 aromatic rings. The van der Waals surface area contributed by atoms with Crippen molar-refractivity contribution >= 4 is 10.9 Å². The highest BCUT2D eigenvalue weighted by molar-refractivity contribution is 5.78. The highest BCUT2D eigenvalue weighted by atomic mass is 19.4. The molecule has 0 fully saturated rings. The van der Waals surface area contributed by atoms with Crippen LogP contribution in [0.1, 0.15) is 5.56 Å². The van der Waals surface area contributed by atoms with Crippen molar-refractivity contribution in [3.63, 3.8) is 0 Å². The van der Waals surface area contributed by atoms with Gasteiger partial charge in [0.2, 0.25) is 0 Å². The molecular weight excluding hydrogens is 269 g/mol. The van der Waals surface area contributed by atoms with Gasteiger partial charge in [-0.1, -0.05) is 12.1 Å². The minimum Gasteiger partial charge on any atom is -0.395 e. The molecule has 2 rings (SSSR count). The summed E-state index contributed by atoms with van der Waals surface area (Å²) in [4.78, 5) is 5.34. The zero-order chi connectivity index (χ0) is 14.6. The Morgan fingerprint density at radius 3 is 2.70 bits per heavy atom. The van der Waals surface area contributed by atoms with Gasteiger partial charge in [0.15, 0.2) is 0 Å². The lowest BCUT2D eigenvalue weighted by Gasteiger charge is -2.22. The van der Waals surface area contributed by atoms with Crippen molar-refractivity contribution < 1.29 is 18.3 Å². The van der Waals surface area contributed by atoms with Crippen LogP contribution in [-0.2, 0) is 6.54 Å². The molecular formula is C14H15F3N2O. The number of halogens is 3. The Kier molecular flexibility index (Phi) is 4.57. The van der Waals surface area contributed by atoms with E-state index in [-0.39, 0.29) is 19.7 Å². The highest BCUT2D eigenvalue weighted by Gasteiger charge is 2.30. The molecule has 0 unspecified atom stereocenters. The third-order valence-corrected chi connectivity index (χ3v) is 2.89. The Hall–Kier alpha value is -1.66. The van der Waals surface area contributed by atoms with Gasteiger partial charge in [-0.2, -0.15) is 13.2 Å². The highest BCUT2D eigenvalue weighted by Crippen LogP contribution is 2.19. The summed E-state index contributed by atoms with van der Waals surface area (Å²) in [6.07, 6.45) is -2.60. The summed E-state index contributed by atoms with van der Waals surface area (Å²) in [5.74, 6) is 0. The molecule has 3 nitrogen and oxygen atoms in total. The standard InChI is InChI=1S/C14H15F3N2O/c15-14(16,17)10-19(6-7-20)9-11-3-4-13-12(8-11)2-1-5-18-13/h1-5,8,20H,6-7,9-10H2. The summed E-state index contributed by atoms with van der Waals surface area (Å²) in [5, 5.41) is 9.75. The molecule has 0 aliphatic heterocycles. The van der Waals surface area contributed by atoms with Gasteiger partial charge in [0.05, 0.1) is 18.7 Å². The predicted molar refractivity (Wildman–Crippen MR) is 70.2 cm³/mol. The van der Waals surface area contributed by atoms with Gasteiger partial charge in [-0.25, -0.2) is 0 Å². The van der Waals surface area contributed by atoms with Gasteiger partial charge in [0, 0.05) is 24.7 Å². The van der Waals surface area contributed by atoms with Crippen LogP contribution in [0.2, 0.25) is 0 Å². The zero-order valence-electron chi connectivity index (χ0n) is 10.8. The van der Waals surface area contributed by atoms with Crippen LogP contribution in [0.25, 0.3) is 10.9 Å². The first kappa shape index (κ1) is 14.7. The van der Waals surface area contributed by atoms with Gasteiger partial charge in [-0.3, -0.25) is 9.88 Å². The summed E-state index contributed by atoms with van der Waals surface area (Å²) in [5.41, 5.74) is 1.57. The summed E-state index contributed by atoms with van der Waals surface area (Å²) in [6, 6.07) is 9.02. The summed E-state index contributed by atoms with van der Waals surface area (Å²) in [7, 11) is 0. The molecule has 1 heterocycles. The molecule has 108 valence electrons. The SMILES string of the molecule is OCCN(Cc1ccc2ncccc2c1)CC(F)(F)F. The fourth-order valence-electron chi connectivity index (χ4n) is 2.09. The maximum Gasteiger partial charge on any atom is 0.401 e. The summed E-state index contributed by atoms with van der Waals surface area (Å²) >= 11 is 0. The number of pyridine rings is 1. The lowest BCUT2D eigenvalue weighted by molar-refractivity contribution is -0.147. The van der Waals surface area contributed by atoms with Crippen molar-refractivity contribution in [1.29, 1.82) is 0 Å². The van der Waals surface area contributed by atoms with Crippen LogP contribution < -0.4 is 0 Å². The molecule has 1 aromatic carbocycles. The number of benzene rings is 1. The first-order valence-corrected chi connectivity index (χ1v) is 6.21. The number of hydrogen-bond donors (Lipinski definition) is 1. The van der Waals surface area contributed by atoms with Gasteiger partial charge < -0.3 is 5.11 Å². The number of hydrogen-bond acceptors (Lipinski definition) is 3. The Balaban J connectivity index is 2.15. The van der Waals surface area contributed by atoms with Crippen LogP contribution in [0.15, 0.2) is 36.5 Å². The molecule has 6 heteroatoms. The maximum atomic E-state index is 12.5. The van der Waals surface area contributed by atoms with Crippen molar-refractivity contribution in [1.82, 2.24) is 9.88 Å². The van der Waals surface area contributed by atoms with Gasteiger partial charge in [0.25, 0.3) is 0 Å². The van der Waals surface area contributed by atoms with E-state index in [0.29, 0.717) is 0 Å². The molecule has 0 saturated heterocycles. The third kappa shape index (κ3) is 4.18. The summed E-state index contributed by atoms with van der Waals surface area (Å²) in [6.45, 7) is -1.20. The first-order valence-electron chi connectivity index (χ1n) is 6.21.